The molecule has 0 bridgehead atoms. The lowest BCUT2D eigenvalue weighted by Crippen LogP contribution is -2.65. The molecule has 0 radical (unpaired) electrons. The summed E-state index contributed by atoms with van der Waals surface area (Å²) in [5, 5.41) is 18.4. The van der Waals surface area contributed by atoms with Crippen molar-refractivity contribution in [2.75, 3.05) is 35.0 Å². The van der Waals surface area contributed by atoms with E-state index in [1.807, 2.05) is 43.3 Å². The van der Waals surface area contributed by atoms with Gasteiger partial charge in [-0.25, -0.2) is 0 Å². The lowest BCUT2D eigenvalue weighted by atomic mass is 9.93. The van der Waals surface area contributed by atoms with E-state index in [1.54, 1.807) is 28.4 Å². The van der Waals surface area contributed by atoms with Crippen molar-refractivity contribution < 1.29 is 28.8 Å². The maximum atomic E-state index is 11.4. The maximum Gasteiger partial charge on any atom is 0.161 e. The number of hydrogen-bond acceptors (Lipinski definition) is 8. The minimum Gasteiger partial charge on any atom is -0.493 e. The topological polar surface area (TPSA) is 90.4 Å². The first-order valence-electron chi connectivity index (χ1n) is 11.7. The van der Waals surface area contributed by atoms with Gasteiger partial charge in [0.15, 0.2) is 23.0 Å². The molecule has 0 saturated carbocycles. The fraction of sp³-hybridized carbons (Fsp3) is 0.538. The summed E-state index contributed by atoms with van der Waals surface area (Å²) in [6.45, 7) is 3.67. The van der Waals surface area contributed by atoms with Gasteiger partial charge in [-0.2, -0.15) is 0 Å². The number of nitrogens with one attached hydrogen (secondary N) is 2. The summed E-state index contributed by atoms with van der Waals surface area (Å²) in [7, 11) is 6.47. The highest BCUT2D eigenvalue weighted by Crippen LogP contribution is 2.30. The normalized spacial score (nSPS) is 17.2. The summed E-state index contributed by atoms with van der Waals surface area (Å²) >= 11 is 0. The van der Waals surface area contributed by atoms with Crippen molar-refractivity contribution in [1.29, 1.82) is 0 Å². The minimum absolute atomic E-state index is 0.241. The summed E-state index contributed by atoms with van der Waals surface area (Å²) in [5.74, 6) is 2.68. The van der Waals surface area contributed by atoms with Crippen LogP contribution >= 0.6 is 0 Å². The molecule has 0 amide bonds. The molecule has 3 rings (SSSR count). The Morgan fingerprint density at radius 2 is 1.35 bits per heavy atom. The van der Waals surface area contributed by atoms with Crippen LogP contribution < -0.4 is 29.6 Å². The minimum atomic E-state index is -0.817. The van der Waals surface area contributed by atoms with Gasteiger partial charge in [0.25, 0.3) is 0 Å². The van der Waals surface area contributed by atoms with Gasteiger partial charge in [-0.1, -0.05) is 12.1 Å². The standard InChI is InChI=1S/C26H38N2O6/c1-26(25(29)22-8-6-7-13-34-22,27-16-18-9-11-20(30-2)23(14-18)32-4)28-17-19-10-12-21(31-3)24(15-19)33-5/h9-12,14-15,22,25,27-29H,6-8,13,16-17H2,1-5H3. The molecular weight excluding hydrogens is 436 g/mol. The Hall–Kier alpha value is -2.52. The van der Waals surface area contributed by atoms with Crippen molar-refractivity contribution in [3.63, 3.8) is 0 Å². The Labute approximate surface area is 202 Å². The van der Waals surface area contributed by atoms with Gasteiger partial charge in [-0.05, 0) is 61.6 Å². The van der Waals surface area contributed by atoms with Crippen LogP contribution in [0.4, 0.5) is 0 Å². The van der Waals surface area contributed by atoms with Crippen molar-refractivity contribution in [1.82, 2.24) is 10.6 Å². The Balaban J connectivity index is 1.78. The van der Waals surface area contributed by atoms with E-state index in [-0.39, 0.29) is 6.10 Å². The molecule has 188 valence electrons. The molecule has 8 nitrogen and oxygen atoms in total. The first-order valence-corrected chi connectivity index (χ1v) is 11.7. The summed E-state index contributed by atoms with van der Waals surface area (Å²) < 4.78 is 27.5. The van der Waals surface area contributed by atoms with E-state index in [1.165, 1.54) is 0 Å². The van der Waals surface area contributed by atoms with Crippen molar-refractivity contribution in [2.45, 2.75) is 57.1 Å². The van der Waals surface area contributed by atoms with E-state index < -0.39 is 11.8 Å². The first-order chi connectivity index (χ1) is 16.4. The summed E-state index contributed by atoms with van der Waals surface area (Å²) in [5.41, 5.74) is 1.20. The number of benzene rings is 2. The Morgan fingerprint density at radius 1 is 0.853 bits per heavy atom. The predicted octanol–water partition coefficient (Wildman–Crippen LogP) is 3.25. The summed E-state index contributed by atoms with van der Waals surface area (Å²) in [4.78, 5) is 0. The number of rotatable bonds is 12. The molecule has 34 heavy (non-hydrogen) atoms. The molecule has 1 fully saturated rings. The zero-order valence-electron chi connectivity index (χ0n) is 20.8. The van der Waals surface area contributed by atoms with E-state index in [0.29, 0.717) is 42.7 Å². The van der Waals surface area contributed by atoms with Crippen LogP contribution in [0.15, 0.2) is 36.4 Å². The highest BCUT2D eigenvalue weighted by atomic mass is 16.5. The van der Waals surface area contributed by atoms with Crippen LogP contribution in [0.2, 0.25) is 0 Å². The number of aliphatic hydroxyl groups is 1. The first kappa shape index (κ1) is 26.1. The molecule has 1 aliphatic rings. The third-order valence-electron chi connectivity index (χ3n) is 6.37. The van der Waals surface area contributed by atoms with E-state index in [0.717, 1.165) is 30.4 Å². The monoisotopic (exact) mass is 474 g/mol. The van der Waals surface area contributed by atoms with Crippen LogP contribution in [0.5, 0.6) is 23.0 Å². The second kappa shape index (κ2) is 12.3. The quantitative estimate of drug-likeness (QED) is 0.404. The number of methoxy groups -OCH3 is 4. The fourth-order valence-electron chi connectivity index (χ4n) is 4.21. The van der Waals surface area contributed by atoms with Crippen LogP contribution in [-0.2, 0) is 17.8 Å². The van der Waals surface area contributed by atoms with Crippen LogP contribution in [-0.4, -0.2) is 58.0 Å². The molecular formula is C26H38N2O6. The molecule has 0 spiro atoms. The van der Waals surface area contributed by atoms with Crippen LogP contribution in [0, 0.1) is 0 Å². The third-order valence-corrected chi connectivity index (χ3v) is 6.37. The lowest BCUT2D eigenvalue weighted by Gasteiger charge is -2.41. The van der Waals surface area contributed by atoms with Gasteiger partial charge in [0.05, 0.1) is 40.2 Å². The van der Waals surface area contributed by atoms with Gasteiger partial charge in [-0.15, -0.1) is 0 Å². The number of aliphatic hydroxyl groups excluding tert-OH is 1. The molecule has 0 aromatic heterocycles. The van der Waals surface area contributed by atoms with Crippen LogP contribution in [0.25, 0.3) is 0 Å². The lowest BCUT2D eigenvalue weighted by molar-refractivity contribution is -0.102. The van der Waals surface area contributed by atoms with Crippen molar-refractivity contribution in [2.24, 2.45) is 0 Å². The highest BCUT2D eigenvalue weighted by Gasteiger charge is 2.39. The third kappa shape index (κ3) is 6.33. The predicted molar refractivity (Wildman–Crippen MR) is 131 cm³/mol. The number of hydrogen-bond donors (Lipinski definition) is 3. The average Bonchev–Trinajstić information content (AvgIpc) is 2.90. The molecule has 0 aliphatic carbocycles. The summed E-state index contributed by atoms with van der Waals surface area (Å²) in [6, 6.07) is 11.6. The Morgan fingerprint density at radius 3 is 1.76 bits per heavy atom. The van der Waals surface area contributed by atoms with Gasteiger partial charge in [-0.3, -0.25) is 10.6 Å². The molecule has 2 atom stereocenters. The second-order valence-electron chi connectivity index (χ2n) is 8.64. The zero-order valence-corrected chi connectivity index (χ0v) is 20.8. The molecule has 1 heterocycles. The van der Waals surface area contributed by atoms with E-state index in [4.69, 9.17) is 23.7 Å². The molecule has 1 saturated heterocycles. The molecule has 2 unspecified atom stereocenters. The van der Waals surface area contributed by atoms with E-state index in [2.05, 4.69) is 10.6 Å². The second-order valence-corrected chi connectivity index (χ2v) is 8.64. The molecule has 2 aromatic rings. The van der Waals surface area contributed by atoms with E-state index >= 15 is 0 Å². The van der Waals surface area contributed by atoms with Gasteiger partial charge in [0.1, 0.15) is 6.10 Å². The Kier molecular flexibility index (Phi) is 9.41. The SMILES string of the molecule is COc1ccc(CNC(C)(NCc2ccc(OC)c(OC)c2)C(O)C2CCCCO2)cc1OC. The van der Waals surface area contributed by atoms with Crippen molar-refractivity contribution in [3.05, 3.63) is 47.5 Å². The van der Waals surface area contributed by atoms with Crippen LogP contribution in [0.1, 0.15) is 37.3 Å². The largest absolute Gasteiger partial charge is 0.493 e. The van der Waals surface area contributed by atoms with Gasteiger partial charge in [0.2, 0.25) is 0 Å². The molecule has 3 N–H and O–H groups in total. The molecule has 2 aromatic carbocycles. The zero-order chi connectivity index (χ0) is 24.6. The number of ether oxygens (including phenoxy) is 5. The van der Waals surface area contributed by atoms with E-state index in [9.17, 15) is 5.11 Å². The smallest absolute Gasteiger partial charge is 0.161 e. The van der Waals surface area contributed by atoms with Gasteiger partial charge >= 0.3 is 0 Å². The Bertz CT molecular complexity index is 857. The summed E-state index contributed by atoms with van der Waals surface area (Å²) in [6.07, 6.45) is 1.90. The van der Waals surface area contributed by atoms with Crippen LogP contribution in [0.3, 0.4) is 0 Å². The highest BCUT2D eigenvalue weighted by molar-refractivity contribution is 5.43. The molecule has 8 heteroatoms. The van der Waals surface area contributed by atoms with Gasteiger partial charge in [0, 0.05) is 19.7 Å². The van der Waals surface area contributed by atoms with Gasteiger partial charge < -0.3 is 28.8 Å². The average molecular weight is 475 g/mol. The molecule has 1 aliphatic heterocycles. The fourth-order valence-corrected chi connectivity index (χ4v) is 4.21. The van der Waals surface area contributed by atoms with Crippen molar-refractivity contribution >= 4 is 0 Å². The van der Waals surface area contributed by atoms with Crippen molar-refractivity contribution in [3.8, 4) is 23.0 Å². The maximum absolute atomic E-state index is 11.4.